The van der Waals surface area contributed by atoms with Crippen LogP contribution in [0.5, 0.6) is 0 Å². The van der Waals surface area contributed by atoms with Crippen molar-refractivity contribution in [3.63, 3.8) is 0 Å². The molecule has 1 aliphatic heterocycles. The van der Waals surface area contributed by atoms with E-state index in [1.807, 2.05) is 4.57 Å². The number of rotatable bonds is 4. The van der Waals surface area contributed by atoms with Crippen LogP contribution in [0.2, 0.25) is 0 Å². The second-order valence-corrected chi connectivity index (χ2v) is 9.58. The lowest BCUT2D eigenvalue weighted by Gasteiger charge is -2.30. The van der Waals surface area contributed by atoms with E-state index in [2.05, 4.69) is 16.4 Å². The number of fused-ring (bicyclic) bond motifs is 1. The molecule has 168 valence electrons. The second-order valence-electron chi connectivity index (χ2n) is 7.56. The first-order valence-corrected chi connectivity index (χ1v) is 11.8. The first-order valence-electron chi connectivity index (χ1n) is 9.92. The number of sulfone groups is 1. The molecule has 33 heavy (non-hydrogen) atoms. The average molecular weight is 465 g/mol. The van der Waals surface area contributed by atoms with Crippen molar-refractivity contribution >= 4 is 27.5 Å². The highest BCUT2D eigenvalue weighted by atomic mass is 32.2. The molecule has 4 rings (SSSR count). The summed E-state index contributed by atoms with van der Waals surface area (Å²) >= 11 is 0. The van der Waals surface area contributed by atoms with Gasteiger partial charge in [-0.3, -0.25) is 9.78 Å². The van der Waals surface area contributed by atoms with Gasteiger partial charge < -0.3 is 20.5 Å². The maximum absolute atomic E-state index is 12.9. The second kappa shape index (κ2) is 8.40. The summed E-state index contributed by atoms with van der Waals surface area (Å²) < 4.78 is 25.1. The van der Waals surface area contributed by atoms with Crippen molar-refractivity contribution in [2.24, 2.45) is 5.73 Å². The molecule has 0 saturated heterocycles. The average Bonchev–Trinajstić information content (AvgIpc) is 3.13. The van der Waals surface area contributed by atoms with Gasteiger partial charge in [-0.05, 0) is 36.4 Å². The van der Waals surface area contributed by atoms with Gasteiger partial charge in [-0.15, -0.1) is 0 Å². The molecule has 11 heteroatoms. The van der Waals surface area contributed by atoms with Gasteiger partial charge in [-0.2, -0.15) is 5.26 Å². The number of nitrogens with zero attached hydrogens (tertiary/aromatic N) is 4. The molecule has 0 atom stereocenters. The highest BCUT2D eigenvalue weighted by Crippen LogP contribution is 2.34. The Morgan fingerprint density at radius 3 is 2.48 bits per heavy atom. The topological polar surface area (TPSA) is 151 Å². The van der Waals surface area contributed by atoms with Crippen molar-refractivity contribution in [3.05, 3.63) is 65.6 Å². The number of nitrogens with one attached hydrogen (secondary N) is 1. The van der Waals surface area contributed by atoms with E-state index >= 15 is 0 Å². The molecule has 0 saturated carbocycles. The van der Waals surface area contributed by atoms with Gasteiger partial charge in [0.05, 0.1) is 34.0 Å². The molecule has 0 aliphatic carbocycles. The van der Waals surface area contributed by atoms with E-state index in [9.17, 15) is 23.3 Å². The smallest absolute Gasteiger partial charge is 0.322 e. The van der Waals surface area contributed by atoms with Gasteiger partial charge in [0, 0.05) is 43.0 Å². The molecular weight excluding hydrogens is 444 g/mol. The van der Waals surface area contributed by atoms with E-state index in [0.717, 1.165) is 6.26 Å². The summed E-state index contributed by atoms with van der Waals surface area (Å²) in [4.78, 5) is 30.9. The Morgan fingerprint density at radius 2 is 1.91 bits per heavy atom. The lowest BCUT2D eigenvalue weighted by molar-refractivity contribution is 0.0996. The highest BCUT2D eigenvalue weighted by Gasteiger charge is 2.32. The van der Waals surface area contributed by atoms with Crippen LogP contribution in [0, 0.1) is 11.3 Å². The number of nitriles is 1. The third kappa shape index (κ3) is 4.16. The Hall–Kier alpha value is -4.17. The van der Waals surface area contributed by atoms with Gasteiger partial charge in [-0.25, -0.2) is 13.2 Å². The van der Waals surface area contributed by atoms with Crippen LogP contribution in [-0.2, 0) is 22.9 Å². The fourth-order valence-corrected chi connectivity index (χ4v) is 4.53. The number of anilines is 1. The van der Waals surface area contributed by atoms with E-state index in [0.29, 0.717) is 35.7 Å². The summed E-state index contributed by atoms with van der Waals surface area (Å²) in [5.41, 5.74) is 7.98. The number of aromatic nitrogens is 2. The highest BCUT2D eigenvalue weighted by molar-refractivity contribution is 7.90. The molecule has 1 aliphatic rings. The van der Waals surface area contributed by atoms with Crippen LogP contribution in [-0.4, -0.2) is 47.6 Å². The van der Waals surface area contributed by atoms with Crippen molar-refractivity contribution in [3.8, 4) is 17.3 Å². The van der Waals surface area contributed by atoms with Crippen LogP contribution < -0.4 is 11.1 Å². The Labute approximate surface area is 190 Å². The summed E-state index contributed by atoms with van der Waals surface area (Å²) in [6.07, 6.45) is 4.32. The Morgan fingerprint density at radius 1 is 1.18 bits per heavy atom. The van der Waals surface area contributed by atoms with Crippen LogP contribution >= 0.6 is 0 Å². The van der Waals surface area contributed by atoms with E-state index < -0.39 is 21.8 Å². The van der Waals surface area contributed by atoms with Gasteiger partial charge >= 0.3 is 6.03 Å². The van der Waals surface area contributed by atoms with Crippen LogP contribution in [0.25, 0.3) is 11.3 Å². The molecule has 0 bridgehead atoms. The monoisotopic (exact) mass is 464 g/mol. The first kappa shape index (κ1) is 22.0. The lowest BCUT2D eigenvalue weighted by Crippen LogP contribution is -2.41. The number of nitrogens with two attached hydrogens (primary N) is 1. The third-order valence-electron chi connectivity index (χ3n) is 5.42. The van der Waals surface area contributed by atoms with Crippen molar-refractivity contribution in [2.75, 3.05) is 18.1 Å². The molecule has 1 aromatic carbocycles. The van der Waals surface area contributed by atoms with E-state index in [1.165, 1.54) is 29.2 Å². The van der Waals surface area contributed by atoms with Gasteiger partial charge in [0.2, 0.25) is 0 Å². The number of hydrogen-bond acceptors (Lipinski definition) is 6. The van der Waals surface area contributed by atoms with E-state index in [1.54, 1.807) is 24.5 Å². The number of carbonyl (C=O) groups excluding carboxylic acids is 2. The number of carbonyl (C=O) groups is 2. The zero-order valence-corrected chi connectivity index (χ0v) is 18.5. The summed E-state index contributed by atoms with van der Waals surface area (Å²) in [7, 11) is -3.34. The standard InChI is InChI=1S/C22H20N6O4S/c1-33(31,32)16-6-4-15(5-7-16)26-22(30)27-9-10-28-18(13-27)19(21(24)29)17(11-23)20(28)14-3-2-8-25-12-14/h2-8,12H,9-10,13H2,1H3,(H2,24,29)(H,26,30). The minimum Gasteiger partial charge on any atom is -0.366 e. The molecule has 0 radical (unpaired) electrons. The maximum atomic E-state index is 12.9. The molecule has 2 aromatic heterocycles. The van der Waals surface area contributed by atoms with E-state index in [-0.39, 0.29) is 22.6 Å². The van der Waals surface area contributed by atoms with E-state index in [4.69, 9.17) is 5.73 Å². The fourth-order valence-electron chi connectivity index (χ4n) is 3.90. The molecule has 10 nitrogen and oxygen atoms in total. The molecule has 3 aromatic rings. The number of amides is 3. The minimum absolute atomic E-state index is 0.0699. The first-order chi connectivity index (χ1) is 15.7. The summed E-state index contributed by atoms with van der Waals surface area (Å²) in [6, 6.07) is 11.0. The predicted molar refractivity (Wildman–Crippen MR) is 120 cm³/mol. The van der Waals surface area contributed by atoms with Gasteiger partial charge in [0.1, 0.15) is 6.07 Å². The maximum Gasteiger partial charge on any atom is 0.322 e. The third-order valence-corrected chi connectivity index (χ3v) is 6.55. The normalized spacial score (nSPS) is 13.2. The minimum atomic E-state index is -3.34. The van der Waals surface area contributed by atoms with Gasteiger partial charge in [0.15, 0.2) is 9.84 Å². The zero-order chi connectivity index (χ0) is 23.8. The fraction of sp³-hybridized carbons (Fsp3) is 0.182. The molecule has 0 unspecified atom stereocenters. The van der Waals surface area contributed by atoms with Crippen molar-refractivity contribution < 1.29 is 18.0 Å². The lowest BCUT2D eigenvalue weighted by atomic mass is 10.1. The molecule has 3 N–H and O–H groups in total. The summed E-state index contributed by atoms with van der Waals surface area (Å²) in [5.74, 6) is -0.746. The number of hydrogen-bond donors (Lipinski definition) is 2. The predicted octanol–water partition coefficient (Wildman–Crippen LogP) is 1.97. The molecule has 0 fully saturated rings. The van der Waals surface area contributed by atoms with Crippen molar-refractivity contribution in [1.82, 2.24) is 14.5 Å². The van der Waals surface area contributed by atoms with Gasteiger partial charge in [0.25, 0.3) is 5.91 Å². The quantitative estimate of drug-likeness (QED) is 0.602. The SMILES string of the molecule is CS(=O)(=O)c1ccc(NC(=O)N2CCn3c(c(C(N)=O)c(C#N)c3-c3cccnc3)C2)cc1. The van der Waals surface area contributed by atoms with Crippen molar-refractivity contribution in [1.29, 1.82) is 5.26 Å². The van der Waals surface area contributed by atoms with Crippen LogP contribution in [0.4, 0.5) is 10.5 Å². The summed E-state index contributed by atoms with van der Waals surface area (Å²) in [6.45, 7) is 0.744. The molecule has 3 heterocycles. The summed E-state index contributed by atoms with van der Waals surface area (Å²) in [5, 5.41) is 12.5. The largest absolute Gasteiger partial charge is 0.366 e. The van der Waals surface area contributed by atoms with Crippen molar-refractivity contribution in [2.45, 2.75) is 18.0 Å². The Bertz CT molecular complexity index is 1390. The molecular formula is C22H20N6O4S. The number of primary amides is 1. The molecule has 0 spiro atoms. The Kier molecular flexibility index (Phi) is 5.61. The number of pyridine rings is 1. The van der Waals surface area contributed by atoms with Crippen LogP contribution in [0.3, 0.4) is 0 Å². The number of benzene rings is 1. The Balaban J connectivity index is 1.64. The van der Waals surface area contributed by atoms with Gasteiger partial charge in [-0.1, -0.05) is 0 Å². The molecule has 3 amide bonds. The van der Waals surface area contributed by atoms with Crippen LogP contribution in [0.15, 0.2) is 53.7 Å². The zero-order valence-electron chi connectivity index (χ0n) is 17.6. The number of urea groups is 1. The van der Waals surface area contributed by atoms with Crippen LogP contribution in [0.1, 0.15) is 21.6 Å².